The second kappa shape index (κ2) is 5.74. The van der Waals surface area contributed by atoms with Crippen LogP contribution in [0.3, 0.4) is 0 Å². The second-order valence-electron chi connectivity index (χ2n) is 4.92. The highest BCUT2D eigenvalue weighted by molar-refractivity contribution is 5.53. The summed E-state index contributed by atoms with van der Waals surface area (Å²) in [6.45, 7) is 1.89. The Hall–Kier alpha value is -2.45. The second-order valence-corrected chi connectivity index (χ2v) is 4.92. The Morgan fingerprint density at radius 3 is 2.41 bits per heavy atom. The Morgan fingerprint density at radius 1 is 1.00 bits per heavy atom. The van der Waals surface area contributed by atoms with Gasteiger partial charge in [-0.05, 0) is 31.0 Å². The minimum absolute atomic E-state index is 0.0296. The zero-order valence-electron chi connectivity index (χ0n) is 11.5. The van der Waals surface area contributed by atoms with Crippen LogP contribution >= 0.6 is 0 Å². The molecule has 2 aromatic heterocycles. The molecule has 1 saturated heterocycles. The third-order valence-corrected chi connectivity index (χ3v) is 3.32. The summed E-state index contributed by atoms with van der Waals surface area (Å²) in [5, 5.41) is 17.6. The van der Waals surface area contributed by atoms with E-state index in [1.807, 2.05) is 0 Å². The van der Waals surface area contributed by atoms with Gasteiger partial charge in [-0.3, -0.25) is 0 Å². The molecule has 6 nitrogen and oxygen atoms in total. The van der Waals surface area contributed by atoms with Crippen molar-refractivity contribution < 1.29 is 13.2 Å². The Bertz CT molecular complexity index is 637. The summed E-state index contributed by atoms with van der Waals surface area (Å²) in [4.78, 5) is 2.11. The Labute approximate surface area is 124 Å². The third-order valence-electron chi connectivity index (χ3n) is 3.32. The van der Waals surface area contributed by atoms with Crippen LogP contribution in [0.25, 0.3) is 0 Å². The molecule has 1 fully saturated rings. The molecule has 3 heterocycles. The number of hydrogen-bond acceptors (Lipinski definition) is 6. The largest absolute Gasteiger partial charge is 0.418 e. The molecule has 1 aliphatic heterocycles. The van der Waals surface area contributed by atoms with Crippen LogP contribution in [-0.2, 0) is 6.18 Å². The van der Waals surface area contributed by atoms with Gasteiger partial charge in [0, 0.05) is 13.1 Å². The predicted octanol–water partition coefficient (Wildman–Crippen LogP) is 2.63. The molecule has 0 unspecified atom stereocenters. The van der Waals surface area contributed by atoms with E-state index in [4.69, 9.17) is 0 Å². The van der Waals surface area contributed by atoms with Crippen LogP contribution in [-0.4, -0.2) is 33.5 Å². The Morgan fingerprint density at radius 2 is 1.77 bits per heavy atom. The smallest absolute Gasteiger partial charge is 0.355 e. The molecule has 116 valence electrons. The van der Waals surface area contributed by atoms with E-state index in [0.29, 0.717) is 12.0 Å². The monoisotopic (exact) mass is 310 g/mol. The van der Waals surface area contributed by atoms with Crippen molar-refractivity contribution in [3.63, 3.8) is 0 Å². The number of alkyl halides is 3. The number of rotatable bonds is 3. The summed E-state index contributed by atoms with van der Waals surface area (Å²) in [6, 6.07) is 4.31. The first kappa shape index (κ1) is 14.5. The van der Waals surface area contributed by atoms with Gasteiger partial charge < -0.3 is 10.2 Å². The first-order chi connectivity index (χ1) is 10.5. The van der Waals surface area contributed by atoms with E-state index >= 15 is 0 Å². The highest BCUT2D eigenvalue weighted by atomic mass is 19.4. The lowest BCUT2D eigenvalue weighted by Crippen LogP contribution is -2.19. The summed E-state index contributed by atoms with van der Waals surface area (Å²) >= 11 is 0. The van der Waals surface area contributed by atoms with Gasteiger partial charge in [0.2, 0.25) is 0 Å². The van der Waals surface area contributed by atoms with Gasteiger partial charge in [0.25, 0.3) is 0 Å². The molecule has 0 aromatic carbocycles. The van der Waals surface area contributed by atoms with E-state index in [0.717, 1.165) is 37.8 Å². The molecule has 22 heavy (non-hydrogen) atoms. The molecule has 1 aliphatic rings. The SMILES string of the molecule is FC(F)(F)c1cnnc(Nc2ccc(N3CCCC3)nn2)c1. The molecule has 0 radical (unpaired) electrons. The molecular formula is C13H13F3N6. The van der Waals surface area contributed by atoms with Crippen LogP contribution in [0.5, 0.6) is 0 Å². The first-order valence-corrected chi connectivity index (χ1v) is 6.78. The van der Waals surface area contributed by atoms with E-state index in [2.05, 4.69) is 30.6 Å². The maximum atomic E-state index is 12.6. The predicted molar refractivity (Wildman–Crippen MR) is 73.8 cm³/mol. The minimum atomic E-state index is -4.46. The van der Waals surface area contributed by atoms with Crippen LogP contribution < -0.4 is 10.2 Å². The molecule has 0 amide bonds. The van der Waals surface area contributed by atoms with E-state index < -0.39 is 11.7 Å². The number of nitrogens with zero attached hydrogens (tertiary/aromatic N) is 5. The number of hydrogen-bond donors (Lipinski definition) is 1. The van der Waals surface area contributed by atoms with Crippen LogP contribution in [0, 0.1) is 0 Å². The van der Waals surface area contributed by atoms with Crippen molar-refractivity contribution in [2.75, 3.05) is 23.3 Å². The molecule has 9 heteroatoms. The van der Waals surface area contributed by atoms with Gasteiger partial charge in [-0.25, -0.2) is 0 Å². The lowest BCUT2D eigenvalue weighted by molar-refractivity contribution is -0.137. The fraction of sp³-hybridized carbons (Fsp3) is 0.385. The molecule has 2 aromatic rings. The first-order valence-electron chi connectivity index (χ1n) is 6.78. The van der Waals surface area contributed by atoms with E-state index in [-0.39, 0.29) is 5.82 Å². The van der Waals surface area contributed by atoms with Crippen molar-refractivity contribution in [3.05, 3.63) is 30.0 Å². The summed E-state index contributed by atoms with van der Waals surface area (Å²) < 4.78 is 37.8. The quantitative estimate of drug-likeness (QED) is 0.940. The van der Waals surface area contributed by atoms with Crippen LogP contribution in [0.1, 0.15) is 18.4 Å². The maximum Gasteiger partial charge on any atom is 0.418 e. The van der Waals surface area contributed by atoms with Crippen molar-refractivity contribution in [2.24, 2.45) is 0 Å². The summed E-state index contributed by atoms with van der Waals surface area (Å²) in [7, 11) is 0. The van der Waals surface area contributed by atoms with Crippen LogP contribution in [0.2, 0.25) is 0 Å². The lowest BCUT2D eigenvalue weighted by atomic mass is 10.3. The van der Waals surface area contributed by atoms with Crippen molar-refractivity contribution >= 4 is 17.5 Å². The fourth-order valence-electron chi connectivity index (χ4n) is 2.22. The summed E-state index contributed by atoms with van der Waals surface area (Å²) in [5.74, 6) is 1.05. The van der Waals surface area contributed by atoms with Crippen LogP contribution in [0.4, 0.5) is 30.6 Å². The van der Waals surface area contributed by atoms with Crippen molar-refractivity contribution in [1.82, 2.24) is 20.4 Å². The molecule has 3 rings (SSSR count). The Balaban J connectivity index is 1.73. The molecule has 0 aliphatic carbocycles. The lowest BCUT2D eigenvalue weighted by Gasteiger charge is -2.15. The van der Waals surface area contributed by atoms with Gasteiger partial charge in [-0.15, -0.1) is 15.3 Å². The van der Waals surface area contributed by atoms with E-state index in [9.17, 15) is 13.2 Å². The topological polar surface area (TPSA) is 66.8 Å². The standard InChI is InChI=1S/C13H13F3N6/c14-13(15,16)9-7-11(19-17-8-9)18-10-3-4-12(21-20-10)22-5-1-2-6-22/h3-4,7-8H,1-2,5-6H2,(H,18,19,20). The Kier molecular flexibility index (Phi) is 3.78. The maximum absolute atomic E-state index is 12.6. The van der Waals surface area contributed by atoms with Crippen molar-refractivity contribution in [3.8, 4) is 0 Å². The van der Waals surface area contributed by atoms with Crippen molar-refractivity contribution in [1.29, 1.82) is 0 Å². The van der Waals surface area contributed by atoms with Gasteiger partial charge in [0.1, 0.15) is 0 Å². The van der Waals surface area contributed by atoms with Crippen molar-refractivity contribution in [2.45, 2.75) is 19.0 Å². The van der Waals surface area contributed by atoms with Gasteiger partial charge in [-0.2, -0.15) is 18.3 Å². The number of anilines is 3. The van der Waals surface area contributed by atoms with E-state index in [1.54, 1.807) is 12.1 Å². The number of aromatic nitrogens is 4. The molecule has 1 N–H and O–H groups in total. The zero-order chi connectivity index (χ0) is 15.6. The average Bonchev–Trinajstić information content (AvgIpc) is 3.02. The minimum Gasteiger partial charge on any atom is -0.355 e. The van der Waals surface area contributed by atoms with Gasteiger partial charge >= 0.3 is 6.18 Å². The molecule has 0 spiro atoms. The number of halogens is 3. The van der Waals surface area contributed by atoms with Gasteiger partial charge in [0.15, 0.2) is 17.5 Å². The van der Waals surface area contributed by atoms with Crippen LogP contribution in [0.15, 0.2) is 24.4 Å². The zero-order valence-corrected chi connectivity index (χ0v) is 11.5. The molecular weight excluding hydrogens is 297 g/mol. The van der Waals surface area contributed by atoms with E-state index in [1.165, 1.54) is 0 Å². The highest BCUT2D eigenvalue weighted by Crippen LogP contribution is 2.29. The molecule has 0 atom stereocenters. The molecule has 0 saturated carbocycles. The molecule has 0 bridgehead atoms. The normalized spacial score (nSPS) is 15.1. The highest BCUT2D eigenvalue weighted by Gasteiger charge is 2.31. The average molecular weight is 310 g/mol. The summed E-state index contributed by atoms with van der Waals surface area (Å²) in [6.07, 6.45) is -1.53. The van der Waals surface area contributed by atoms with Gasteiger partial charge in [0.05, 0.1) is 11.8 Å². The summed E-state index contributed by atoms with van der Waals surface area (Å²) in [5.41, 5.74) is -0.869. The fourth-order valence-corrected chi connectivity index (χ4v) is 2.22. The third kappa shape index (κ3) is 3.23. The number of nitrogens with one attached hydrogen (secondary N) is 1. The van der Waals surface area contributed by atoms with Gasteiger partial charge in [-0.1, -0.05) is 0 Å².